The number of benzene rings is 1. The summed E-state index contributed by atoms with van der Waals surface area (Å²) in [5.41, 5.74) is 4.81. The molecule has 0 bridgehead atoms. The van der Waals surface area contributed by atoms with Crippen LogP contribution in [-0.4, -0.2) is 29.2 Å². The van der Waals surface area contributed by atoms with Crippen LogP contribution >= 0.6 is 0 Å². The van der Waals surface area contributed by atoms with Crippen molar-refractivity contribution in [2.45, 2.75) is 19.8 Å². The summed E-state index contributed by atoms with van der Waals surface area (Å²) in [7, 11) is 0. The molecular formula is C17H18FN5O2. The Morgan fingerprint density at radius 1 is 1.36 bits per heavy atom. The van der Waals surface area contributed by atoms with Crippen molar-refractivity contribution in [1.29, 1.82) is 0 Å². The molecule has 2 aromatic rings. The molecule has 25 heavy (non-hydrogen) atoms. The van der Waals surface area contributed by atoms with Gasteiger partial charge < -0.3 is 4.90 Å². The summed E-state index contributed by atoms with van der Waals surface area (Å²) in [6, 6.07) is 6.10. The molecule has 0 spiro atoms. The van der Waals surface area contributed by atoms with Crippen molar-refractivity contribution in [3.63, 3.8) is 0 Å². The molecule has 0 radical (unpaired) electrons. The third kappa shape index (κ3) is 3.90. The summed E-state index contributed by atoms with van der Waals surface area (Å²) in [6.07, 6.45) is 4.84. The number of nitro groups is 1. The van der Waals surface area contributed by atoms with E-state index in [9.17, 15) is 14.5 Å². The SMILES string of the molecule is Cc1cc(N2CCCC2)c(F)cc1/C=N\Nc1ccc([N+](=O)[O-])cn1. The highest BCUT2D eigenvalue weighted by Crippen LogP contribution is 2.26. The highest BCUT2D eigenvalue weighted by molar-refractivity contribution is 5.83. The maximum absolute atomic E-state index is 14.4. The zero-order chi connectivity index (χ0) is 17.8. The van der Waals surface area contributed by atoms with Gasteiger partial charge in [0.05, 0.1) is 16.8 Å². The minimum Gasteiger partial charge on any atom is -0.369 e. The van der Waals surface area contributed by atoms with Gasteiger partial charge in [-0.05, 0) is 43.5 Å². The van der Waals surface area contributed by atoms with Crippen LogP contribution in [0.2, 0.25) is 0 Å². The van der Waals surface area contributed by atoms with E-state index in [1.807, 2.05) is 13.0 Å². The second-order valence-electron chi connectivity index (χ2n) is 5.88. The summed E-state index contributed by atoms with van der Waals surface area (Å²) in [6.45, 7) is 3.68. The average molecular weight is 343 g/mol. The number of aromatic nitrogens is 1. The predicted molar refractivity (Wildman–Crippen MR) is 94.7 cm³/mol. The fourth-order valence-corrected chi connectivity index (χ4v) is 2.75. The summed E-state index contributed by atoms with van der Waals surface area (Å²) in [4.78, 5) is 16.0. The molecule has 3 rings (SSSR count). The topological polar surface area (TPSA) is 83.7 Å². The first kappa shape index (κ1) is 16.8. The van der Waals surface area contributed by atoms with Gasteiger partial charge >= 0.3 is 0 Å². The molecule has 1 aromatic heterocycles. The number of hydrogen-bond acceptors (Lipinski definition) is 6. The van der Waals surface area contributed by atoms with Crippen LogP contribution in [-0.2, 0) is 0 Å². The fraction of sp³-hybridized carbons (Fsp3) is 0.294. The Morgan fingerprint density at radius 3 is 2.76 bits per heavy atom. The predicted octanol–water partition coefficient (Wildman–Crippen LogP) is 3.48. The number of halogens is 1. The zero-order valence-electron chi connectivity index (χ0n) is 13.8. The number of rotatable bonds is 5. The van der Waals surface area contributed by atoms with E-state index in [0.29, 0.717) is 17.1 Å². The second kappa shape index (κ2) is 7.25. The Morgan fingerprint density at radius 2 is 2.12 bits per heavy atom. The average Bonchev–Trinajstić information content (AvgIpc) is 3.12. The van der Waals surface area contributed by atoms with Crippen molar-refractivity contribution in [2.75, 3.05) is 23.4 Å². The third-order valence-corrected chi connectivity index (χ3v) is 4.12. The molecule has 0 saturated carbocycles. The van der Waals surface area contributed by atoms with Gasteiger partial charge in [-0.25, -0.2) is 9.37 Å². The van der Waals surface area contributed by atoms with Crippen molar-refractivity contribution >= 4 is 23.4 Å². The molecule has 1 aromatic carbocycles. The van der Waals surface area contributed by atoms with Crippen LogP contribution in [0.1, 0.15) is 24.0 Å². The number of hydrazone groups is 1. The van der Waals surface area contributed by atoms with E-state index in [1.54, 1.807) is 0 Å². The van der Waals surface area contributed by atoms with Gasteiger partial charge in [-0.1, -0.05) is 0 Å². The van der Waals surface area contributed by atoms with Crippen molar-refractivity contribution in [1.82, 2.24) is 4.98 Å². The second-order valence-corrected chi connectivity index (χ2v) is 5.88. The standard InChI is InChI=1S/C17H18FN5O2/c1-12-8-16(22-6-2-3-7-22)15(18)9-13(12)10-20-21-17-5-4-14(11-19-17)23(24)25/h4-5,8-11H,2-3,6-7H2,1H3,(H,19,21)/b20-10-. The van der Waals surface area contributed by atoms with Gasteiger partial charge in [0.25, 0.3) is 5.69 Å². The van der Waals surface area contributed by atoms with Gasteiger partial charge in [0, 0.05) is 24.7 Å². The lowest BCUT2D eigenvalue weighted by Gasteiger charge is -2.19. The molecule has 1 saturated heterocycles. The molecule has 8 heteroatoms. The molecule has 1 aliphatic rings. The minimum atomic E-state index is -0.520. The minimum absolute atomic E-state index is 0.0926. The third-order valence-electron chi connectivity index (χ3n) is 4.12. The van der Waals surface area contributed by atoms with Crippen LogP contribution < -0.4 is 10.3 Å². The van der Waals surface area contributed by atoms with E-state index < -0.39 is 4.92 Å². The molecule has 0 atom stereocenters. The van der Waals surface area contributed by atoms with Gasteiger partial charge in [-0.2, -0.15) is 5.10 Å². The van der Waals surface area contributed by atoms with E-state index in [4.69, 9.17) is 0 Å². The van der Waals surface area contributed by atoms with Gasteiger partial charge in [-0.15, -0.1) is 0 Å². The van der Waals surface area contributed by atoms with Crippen LogP contribution in [0.3, 0.4) is 0 Å². The normalized spacial score (nSPS) is 14.2. The van der Waals surface area contributed by atoms with E-state index >= 15 is 0 Å². The lowest BCUT2D eigenvalue weighted by atomic mass is 10.1. The molecule has 130 valence electrons. The Balaban J connectivity index is 1.70. The highest BCUT2D eigenvalue weighted by atomic mass is 19.1. The molecule has 1 N–H and O–H groups in total. The Bertz CT molecular complexity index is 801. The lowest BCUT2D eigenvalue weighted by Crippen LogP contribution is -2.19. The Labute approximate surface area is 144 Å². The number of aryl methyl sites for hydroxylation is 1. The largest absolute Gasteiger partial charge is 0.369 e. The van der Waals surface area contributed by atoms with E-state index in [0.717, 1.165) is 37.7 Å². The molecular weight excluding hydrogens is 325 g/mol. The van der Waals surface area contributed by atoms with Crippen LogP contribution in [0.4, 0.5) is 21.6 Å². The number of pyridine rings is 1. The number of nitrogens with zero attached hydrogens (tertiary/aromatic N) is 4. The molecule has 0 unspecified atom stereocenters. The van der Waals surface area contributed by atoms with Crippen LogP contribution in [0.25, 0.3) is 0 Å². The van der Waals surface area contributed by atoms with E-state index in [-0.39, 0.29) is 11.5 Å². The summed E-state index contributed by atoms with van der Waals surface area (Å²) in [5.74, 6) is 0.107. The van der Waals surface area contributed by atoms with Crippen molar-refractivity contribution < 1.29 is 9.31 Å². The maximum Gasteiger partial charge on any atom is 0.287 e. The quantitative estimate of drug-likeness (QED) is 0.510. The highest BCUT2D eigenvalue weighted by Gasteiger charge is 2.17. The first-order chi connectivity index (χ1) is 12.0. The lowest BCUT2D eigenvalue weighted by molar-refractivity contribution is -0.385. The molecule has 1 aliphatic heterocycles. The zero-order valence-corrected chi connectivity index (χ0v) is 13.8. The first-order valence-corrected chi connectivity index (χ1v) is 7.99. The van der Waals surface area contributed by atoms with E-state index in [1.165, 1.54) is 24.4 Å². The van der Waals surface area contributed by atoms with Gasteiger partial charge in [0.15, 0.2) is 0 Å². The summed E-state index contributed by atoms with van der Waals surface area (Å²) < 4.78 is 14.4. The smallest absolute Gasteiger partial charge is 0.287 e. The van der Waals surface area contributed by atoms with Gasteiger partial charge in [-0.3, -0.25) is 15.5 Å². The van der Waals surface area contributed by atoms with E-state index in [2.05, 4.69) is 20.4 Å². The Hall–Kier alpha value is -3.03. The molecule has 0 aliphatic carbocycles. The van der Waals surface area contributed by atoms with Gasteiger partial charge in [0.1, 0.15) is 17.8 Å². The van der Waals surface area contributed by atoms with Crippen molar-refractivity contribution in [3.8, 4) is 0 Å². The fourth-order valence-electron chi connectivity index (χ4n) is 2.75. The first-order valence-electron chi connectivity index (χ1n) is 7.99. The molecule has 0 amide bonds. The molecule has 2 heterocycles. The number of anilines is 2. The molecule has 7 nitrogen and oxygen atoms in total. The van der Waals surface area contributed by atoms with Crippen LogP contribution in [0.15, 0.2) is 35.6 Å². The summed E-state index contributed by atoms with van der Waals surface area (Å²) >= 11 is 0. The van der Waals surface area contributed by atoms with Crippen LogP contribution in [0, 0.1) is 22.9 Å². The monoisotopic (exact) mass is 343 g/mol. The van der Waals surface area contributed by atoms with Crippen LogP contribution in [0.5, 0.6) is 0 Å². The maximum atomic E-state index is 14.4. The van der Waals surface area contributed by atoms with Crippen molar-refractivity contribution in [2.24, 2.45) is 5.10 Å². The molecule has 1 fully saturated rings. The number of nitrogens with one attached hydrogen (secondary N) is 1. The Kier molecular flexibility index (Phi) is 4.87. The summed E-state index contributed by atoms with van der Waals surface area (Å²) in [5, 5.41) is 14.6. The number of hydrogen-bond donors (Lipinski definition) is 1. The van der Waals surface area contributed by atoms with Gasteiger partial charge in [0.2, 0.25) is 0 Å². The van der Waals surface area contributed by atoms with Crippen molar-refractivity contribution in [3.05, 3.63) is 57.5 Å².